The lowest BCUT2D eigenvalue weighted by atomic mass is 10.2. The standard InChI is InChI=1S/C12H15BrFNO2S/c1-2-17-12(16)11(15)7-18-6-8-3-4-9(14)5-10(8)13/h3-5,11H,2,6-7,15H2,1H3. The van der Waals surface area contributed by atoms with Crippen LogP contribution in [0.25, 0.3) is 0 Å². The van der Waals surface area contributed by atoms with Gasteiger partial charge in [0.1, 0.15) is 11.9 Å². The zero-order valence-corrected chi connectivity index (χ0v) is 12.4. The molecule has 0 heterocycles. The van der Waals surface area contributed by atoms with Crippen molar-refractivity contribution in [3.05, 3.63) is 34.1 Å². The molecule has 1 unspecified atom stereocenters. The normalized spacial score (nSPS) is 12.2. The van der Waals surface area contributed by atoms with Gasteiger partial charge in [-0.3, -0.25) is 4.79 Å². The number of hydrogen-bond acceptors (Lipinski definition) is 4. The second-order valence-electron chi connectivity index (χ2n) is 3.61. The lowest BCUT2D eigenvalue weighted by Crippen LogP contribution is -2.34. The fraction of sp³-hybridized carbons (Fsp3) is 0.417. The maximum absolute atomic E-state index is 12.9. The van der Waals surface area contributed by atoms with Crippen molar-refractivity contribution in [2.24, 2.45) is 5.73 Å². The zero-order chi connectivity index (χ0) is 13.5. The minimum Gasteiger partial charge on any atom is -0.465 e. The summed E-state index contributed by atoms with van der Waals surface area (Å²) in [6.07, 6.45) is 0. The molecule has 3 nitrogen and oxygen atoms in total. The molecule has 18 heavy (non-hydrogen) atoms. The van der Waals surface area contributed by atoms with E-state index in [2.05, 4.69) is 15.9 Å². The van der Waals surface area contributed by atoms with Crippen LogP contribution in [0.15, 0.2) is 22.7 Å². The first kappa shape index (κ1) is 15.5. The predicted molar refractivity (Wildman–Crippen MR) is 74.9 cm³/mol. The maximum atomic E-state index is 12.9. The number of thioether (sulfide) groups is 1. The number of carbonyl (C=O) groups excluding carboxylic acids is 1. The number of rotatable bonds is 6. The second kappa shape index (κ2) is 7.76. The highest BCUT2D eigenvalue weighted by Crippen LogP contribution is 2.22. The van der Waals surface area contributed by atoms with E-state index in [-0.39, 0.29) is 11.8 Å². The van der Waals surface area contributed by atoms with E-state index in [1.807, 2.05) is 0 Å². The Labute approximate surface area is 118 Å². The van der Waals surface area contributed by atoms with Crippen molar-refractivity contribution in [3.8, 4) is 0 Å². The summed E-state index contributed by atoms with van der Waals surface area (Å²) >= 11 is 4.80. The molecule has 0 radical (unpaired) electrons. The molecular formula is C12H15BrFNO2S. The molecule has 0 aliphatic carbocycles. The summed E-state index contributed by atoms with van der Waals surface area (Å²) < 4.78 is 18.4. The quantitative estimate of drug-likeness (QED) is 0.812. The fourth-order valence-electron chi connectivity index (χ4n) is 1.25. The Morgan fingerprint density at radius 3 is 2.94 bits per heavy atom. The van der Waals surface area contributed by atoms with Crippen molar-refractivity contribution in [1.29, 1.82) is 0 Å². The largest absolute Gasteiger partial charge is 0.465 e. The minimum absolute atomic E-state index is 0.279. The van der Waals surface area contributed by atoms with E-state index in [0.29, 0.717) is 18.1 Å². The van der Waals surface area contributed by atoms with Gasteiger partial charge in [0.25, 0.3) is 0 Å². The van der Waals surface area contributed by atoms with Crippen LogP contribution in [-0.2, 0) is 15.3 Å². The summed E-state index contributed by atoms with van der Waals surface area (Å²) in [4.78, 5) is 11.3. The van der Waals surface area contributed by atoms with Crippen molar-refractivity contribution < 1.29 is 13.9 Å². The predicted octanol–water partition coefficient (Wildman–Crippen LogP) is 2.71. The number of esters is 1. The highest BCUT2D eigenvalue weighted by Gasteiger charge is 2.14. The van der Waals surface area contributed by atoms with E-state index in [1.54, 1.807) is 13.0 Å². The van der Waals surface area contributed by atoms with Gasteiger partial charge in [0.05, 0.1) is 6.61 Å². The van der Waals surface area contributed by atoms with Crippen molar-refractivity contribution in [1.82, 2.24) is 0 Å². The Kier molecular flexibility index (Phi) is 6.67. The molecule has 0 aliphatic heterocycles. The van der Waals surface area contributed by atoms with Crippen LogP contribution < -0.4 is 5.73 Å². The number of ether oxygens (including phenoxy) is 1. The summed E-state index contributed by atoms with van der Waals surface area (Å²) in [6, 6.07) is 3.92. The van der Waals surface area contributed by atoms with Gasteiger partial charge in [-0.05, 0) is 24.6 Å². The summed E-state index contributed by atoms with van der Waals surface area (Å²) in [6.45, 7) is 2.08. The highest BCUT2D eigenvalue weighted by molar-refractivity contribution is 9.10. The van der Waals surface area contributed by atoms with E-state index >= 15 is 0 Å². The topological polar surface area (TPSA) is 52.3 Å². The van der Waals surface area contributed by atoms with E-state index in [4.69, 9.17) is 10.5 Å². The first-order chi connectivity index (χ1) is 8.54. The van der Waals surface area contributed by atoms with Crippen LogP contribution in [0.1, 0.15) is 12.5 Å². The van der Waals surface area contributed by atoms with Gasteiger partial charge in [0.15, 0.2) is 0 Å². The highest BCUT2D eigenvalue weighted by atomic mass is 79.9. The molecule has 0 aliphatic rings. The van der Waals surface area contributed by atoms with Gasteiger partial charge in [-0.1, -0.05) is 22.0 Å². The third kappa shape index (κ3) is 4.96. The van der Waals surface area contributed by atoms with Crippen LogP contribution in [0.5, 0.6) is 0 Å². The molecule has 0 saturated carbocycles. The van der Waals surface area contributed by atoms with Crippen LogP contribution in [0, 0.1) is 5.82 Å². The van der Waals surface area contributed by atoms with Gasteiger partial charge in [0.2, 0.25) is 0 Å². The van der Waals surface area contributed by atoms with Gasteiger partial charge in [-0.2, -0.15) is 11.8 Å². The van der Waals surface area contributed by atoms with Crippen molar-refractivity contribution in [2.45, 2.75) is 18.7 Å². The summed E-state index contributed by atoms with van der Waals surface area (Å²) in [5.74, 6) is 0.471. The molecule has 0 aromatic heterocycles. The Bertz CT molecular complexity index is 417. The molecule has 2 N–H and O–H groups in total. The summed E-state index contributed by atoms with van der Waals surface area (Å²) in [5.41, 5.74) is 6.63. The Hall–Kier alpha value is -0.590. The number of nitrogens with two attached hydrogens (primary N) is 1. The zero-order valence-electron chi connectivity index (χ0n) is 9.99. The van der Waals surface area contributed by atoms with Crippen LogP contribution >= 0.6 is 27.7 Å². The van der Waals surface area contributed by atoms with E-state index in [9.17, 15) is 9.18 Å². The van der Waals surface area contributed by atoms with E-state index in [0.717, 1.165) is 10.0 Å². The molecule has 1 aromatic carbocycles. The molecular weight excluding hydrogens is 321 g/mol. The van der Waals surface area contributed by atoms with Gasteiger partial charge >= 0.3 is 5.97 Å². The molecule has 0 bridgehead atoms. The SMILES string of the molecule is CCOC(=O)C(N)CSCc1ccc(F)cc1Br. The van der Waals surface area contributed by atoms with Crippen LogP contribution in [0.2, 0.25) is 0 Å². The third-order valence-corrected chi connectivity index (χ3v) is 4.01. The van der Waals surface area contributed by atoms with Crippen molar-refractivity contribution in [2.75, 3.05) is 12.4 Å². The van der Waals surface area contributed by atoms with E-state index < -0.39 is 6.04 Å². The molecule has 6 heteroatoms. The number of benzene rings is 1. The molecule has 100 valence electrons. The van der Waals surface area contributed by atoms with Gasteiger partial charge in [-0.25, -0.2) is 4.39 Å². The number of halogens is 2. The van der Waals surface area contributed by atoms with Crippen LogP contribution in [0.4, 0.5) is 4.39 Å². The first-order valence-electron chi connectivity index (χ1n) is 5.48. The van der Waals surface area contributed by atoms with Crippen LogP contribution in [0.3, 0.4) is 0 Å². The summed E-state index contributed by atoms with van der Waals surface area (Å²) in [7, 11) is 0. The Morgan fingerprint density at radius 1 is 1.61 bits per heavy atom. The van der Waals surface area contributed by atoms with Crippen molar-refractivity contribution in [3.63, 3.8) is 0 Å². The Morgan fingerprint density at radius 2 is 2.33 bits per heavy atom. The molecule has 1 rings (SSSR count). The second-order valence-corrected chi connectivity index (χ2v) is 5.49. The molecule has 1 aromatic rings. The molecule has 0 amide bonds. The number of carbonyl (C=O) groups is 1. The van der Waals surface area contributed by atoms with Gasteiger partial charge < -0.3 is 10.5 Å². The molecule has 1 atom stereocenters. The minimum atomic E-state index is -0.617. The molecule has 0 saturated heterocycles. The smallest absolute Gasteiger partial charge is 0.323 e. The lowest BCUT2D eigenvalue weighted by Gasteiger charge is -2.10. The lowest BCUT2D eigenvalue weighted by molar-refractivity contribution is -0.144. The van der Waals surface area contributed by atoms with Crippen molar-refractivity contribution >= 4 is 33.7 Å². The average Bonchev–Trinajstić information content (AvgIpc) is 2.32. The monoisotopic (exact) mass is 335 g/mol. The average molecular weight is 336 g/mol. The van der Waals surface area contributed by atoms with Gasteiger partial charge in [-0.15, -0.1) is 0 Å². The summed E-state index contributed by atoms with van der Waals surface area (Å²) in [5, 5.41) is 0. The first-order valence-corrected chi connectivity index (χ1v) is 7.43. The third-order valence-electron chi connectivity index (χ3n) is 2.16. The van der Waals surface area contributed by atoms with E-state index in [1.165, 1.54) is 23.9 Å². The van der Waals surface area contributed by atoms with Crippen LogP contribution in [-0.4, -0.2) is 24.4 Å². The van der Waals surface area contributed by atoms with Gasteiger partial charge in [0, 0.05) is 16.0 Å². The number of hydrogen-bond donors (Lipinski definition) is 1. The molecule has 0 spiro atoms. The maximum Gasteiger partial charge on any atom is 0.323 e. The molecule has 0 fully saturated rings. The fourth-order valence-corrected chi connectivity index (χ4v) is 2.91. The Balaban J connectivity index is 2.39.